The molecule has 7 heteroatoms. The Kier molecular flexibility index (Phi) is 4.26. The third-order valence-electron chi connectivity index (χ3n) is 5.58. The molecule has 0 amide bonds. The summed E-state index contributed by atoms with van der Waals surface area (Å²) in [4.78, 5) is 8.96. The summed E-state index contributed by atoms with van der Waals surface area (Å²) in [6.45, 7) is 3.85. The van der Waals surface area contributed by atoms with Crippen LogP contribution in [0.5, 0.6) is 0 Å². The fourth-order valence-electron chi connectivity index (χ4n) is 3.95. The Labute approximate surface area is 178 Å². The van der Waals surface area contributed by atoms with Gasteiger partial charge in [-0.25, -0.2) is 9.97 Å². The van der Waals surface area contributed by atoms with E-state index in [0.717, 1.165) is 51.9 Å². The van der Waals surface area contributed by atoms with Crippen LogP contribution >= 0.6 is 23.4 Å². The Morgan fingerprint density at radius 2 is 1.90 bits per heavy atom. The standard InChI is InChI=1S/C22H18Cl2N4O/c1-13-20(14(2)29-27-13)15-6-7-19-18(10-15)21(26-12-25-19)28(24)22(8-9-22)16-4-3-5-17(23)11-16/h3-7,10-12H,8-9H2,1-2H3. The molecule has 0 spiro atoms. The van der Waals surface area contributed by atoms with E-state index in [2.05, 4.69) is 27.3 Å². The van der Waals surface area contributed by atoms with Crippen LogP contribution in [0.15, 0.2) is 53.3 Å². The first kappa shape index (κ1) is 18.4. The van der Waals surface area contributed by atoms with Crippen LogP contribution in [-0.4, -0.2) is 15.1 Å². The maximum atomic E-state index is 6.94. The first-order valence-electron chi connectivity index (χ1n) is 9.40. The lowest BCUT2D eigenvalue weighted by Crippen LogP contribution is -2.27. The first-order valence-corrected chi connectivity index (χ1v) is 10.1. The third kappa shape index (κ3) is 2.96. The van der Waals surface area contributed by atoms with Crippen LogP contribution in [0.4, 0.5) is 5.82 Å². The van der Waals surface area contributed by atoms with Crippen LogP contribution in [-0.2, 0) is 5.54 Å². The first-order chi connectivity index (χ1) is 14.0. The molecule has 2 aromatic carbocycles. The summed E-state index contributed by atoms with van der Waals surface area (Å²) >= 11 is 13.2. The number of anilines is 1. The highest BCUT2D eigenvalue weighted by Gasteiger charge is 2.50. The molecular formula is C22H18Cl2N4O. The van der Waals surface area contributed by atoms with E-state index in [1.54, 1.807) is 10.7 Å². The molecule has 5 nitrogen and oxygen atoms in total. The van der Waals surface area contributed by atoms with E-state index in [4.69, 9.17) is 27.9 Å². The molecule has 0 atom stereocenters. The predicted molar refractivity (Wildman–Crippen MR) is 115 cm³/mol. The van der Waals surface area contributed by atoms with Gasteiger partial charge < -0.3 is 4.52 Å². The number of fused-ring (bicyclic) bond motifs is 1. The Balaban J connectivity index is 1.64. The molecular weight excluding hydrogens is 407 g/mol. The predicted octanol–water partition coefficient (Wildman–Crippen LogP) is 6.20. The highest BCUT2D eigenvalue weighted by molar-refractivity contribution is 6.31. The normalized spacial score (nSPS) is 14.9. The summed E-state index contributed by atoms with van der Waals surface area (Å²) in [7, 11) is 0. The van der Waals surface area contributed by atoms with Crippen molar-refractivity contribution in [2.75, 3.05) is 4.42 Å². The molecule has 2 heterocycles. The van der Waals surface area contributed by atoms with E-state index in [-0.39, 0.29) is 5.54 Å². The topological polar surface area (TPSA) is 55.1 Å². The van der Waals surface area contributed by atoms with Crippen LogP contribution in [0.3, 0.4) is 0 Å². The van der Waals surface area contributed by atoms with Crippen molar-refractivity contribution < 1.29 is 4.52 Å². The molecule has 1 saturated carbocycles. The zero-order valence-corrected chi connectivity index (χ0v) is 17.5. The van der Waals surface area contributed by atoms with Crippen molar-refractivity contribution in [2.45, 2.75) is 32.2 Å². The second-order valence-electron chi connectivity index (χ2n) is 7.45. The Bertz CT molecular complexity index is 1210. The monoisotopic (exact) mass is 424 g/mol. The highest BCUT2D eigenvalue weighted by Crippen LogP contribution is 2.54. The van der Waals surface area contributed by atoms with Gasteiger partial charge in [0.15, 0.2) is 5.82 Å². The molecule has 0 bridgehead atoms. The van der Waals surface area contributed by atoms with E-state index in [0.29, 0.717) is 10.8 Å². The molecule has 5 rings (SSSR count). The summed E-state index contributed by atoms with van der Waals surface area (Å²) in [6.07, 6.45) is 3.43. The van der Waals surface area contributed by atoms with Gasteiger partial charge in [0.25, 0.3) is 0 Å². The molecule has 1 fully saturated rings. The van der Waals surface area contributed by atoms with Crippen molar-refractivity contribution >= 4 is 40.1 Å². The lowest BCUT2D eigenvalue weighted by atomic mass is 10.0. The molecule has 0 saturated heterocycles. The average Bonchev–Trinajstić information content (AvgIpc) is 3.47. The minimum absolute atomic E-state index is 0.313. The number of hydrogen-bond acceptors (Lipinski definition) is 5. The SMILES string of the molecule is Cc1noc(C)c1-c1ccc2ncnc(N(Cl)C3(c4cccc(Cl)c4)CC3)c2c1. The zero-order valence-electron chi connectivity index (χ0n) is 16.0. The van der Waals surface area contributed by atoms with Gasteiger partial charge in [-0.1, -0.05) is 35.0 Å². The Hall–Kier alpha value is -2.63. The number of aryl methyl sites for hydroxylation is 2. The van der Waals surface area contributed by atoms with Crippen molar-refractivity contribution in [3.63, 3.8) is 0 Å². The largest absolute Gasteiger partial charge is 0.361 e. The van der Waals surface area contributed by atoms with Gasteiger partial charge in [-0.15, -0.1) is 0 Å². The van der Waals surface area contributed by atoms with Crippen molar-refractivity contribution in [3.05, 3.63) is 70.8 Å². The highest BCUT2D eigenvalue weighted by atomic mass is 35.5. The van der Waals surface area contributed by atoms with Crippen LogP contribution in [0.1, 0.15) is 29.9 Å². The molecule has 0 N–H and O–H groups in total. The van der Waals surface area contributed by atoms with Gasteiger partial charge in [0.2, 0.25) is 0 Å². The van der Waals surface area contributed by atoms with Crippen molar-refractivity contribution in [3.8, 4) is 11.1 Å². The van der Waals surface area contributed by atoms with Gasteiger partial charge in [-0.3, -0.25) is 4.42 Å². The fraction of sp³-hybridized carbons (Fsp3) is 0.227. The van der Waals surface area contributed by atoms with Crippen LogP contribution in [0.2, 0.25) is 5.02 Å². The fourth-order valence-corrected chi connectivity index (χ4v) is 4.54. The maximum absolute atomic E-state index is 6.94. The Morgan fingerprint density at radius 3 is 2.59 bits per heavy atom. The number of halogens is 2. The van der Waals surface area contributed by atoms with E-state index >= 15 is 0 Å². The van der Waals surface area contributed by atoms with Gasteiger partial charge in [-0.05, 0) is 62.1 Å². The van der Waals surface area contributed by atoms with Gasteiger partial charge in [0.1, 0.15) is 12.1 Å². The van der Waals surface area contributed by atoms with E-state index in [1.165, 1.54) is 0 Å². The van der Waals surface area contributed by atoms with Crippen molar-refractivity contribution in [2.24, 2.45) is 0 Å². The van der Waals surface area contributed by atoms with E-state index < -0.39 is 0 Å². The average molecular weight is 425 g/mol. The number of hydrogen-bond donors (Lipinski definition) is 0. The summed E-state index contributed by atoms with van der Waals surface area (Å²) < 4.78 is 7.09. The summed E-state index contributed by atoms with van der Waals surface area (Å²) in [5.74, 6) is 1.46. The molecule has 1 aliphatic carbocycles. The quantitative estimate of drug-likeness (QED) is 0.364. The number of nitrogens with zero attached hydrogens (tertiary/aromatic N) is 4. The minimum atomic E-state index is -0.313. The number of rotatable bonds is 4. The van der Waals surface area contributed by atoms with Crippen LogP contribution in [0.25, 0.3) is 22.0 Å². The molecule has 0 unspecified atom stereocenters. The van der Waals surface area contributed by atoms with Crippen molar-refractivity contribution in [1.29, 1.82) is 0 Å². The number of benzene rings is 2. The van der Waals surface area contributed by atoms with Gasteiger partial charge in [0, 0.05) is 27.7 Å². The molecule has 29 heavy (non-hydrogen) atoms. The van der Waals surface area contributed by atoms with Crippen LogP contribution in [0, 0.1) is 13.8 Å². The summed E-state index contributed by atoms with van der Waals surface area (Å²) in [5.41, 5.74) is 4.45. The molecule has 2 aromatic heterocycles. The van der Waals surface area contributed by atoms with Gasteiger partial charge >= 0.3 is 0 Å². The molecule has 0 aliphatic heterocycles. The third-order valence-corrected chi connectivity index (χ3v) is 6.30. The van der Waals surface area contributed by atoms with Gasteiger partial charge in [0.05, 0.1) is 16.7 Å². The van der Waals surface area contributed by atoms with Crippen LogP contribution < -0.4 is 4.42 Å². The van der Waals surface area contributed by atoms with Crippen molar-refractivity contribution in [1.82, 2.24) is 15.1 Å². The zero-order chi connectivity index (χ0) is 20.2. The second kappa shape index (κ2) is 6.71. The maximum Gasteiger partial charge on any atom is 0.155 e. The number of aromatic nitrogens is 3. The lowest BCUT2D eigenvalue weighted by Gasteiger charge is -2.27. The minimum Gasteiger partial charge on any atom is -0.361 e. The molecule has 0 radical (unpaired) electrons. The lowest BCUT2D eigenvalue weighted by molar-refractivity contribution is 0.393. The summed E-state index contributed by atoms with van der Waals surface area (Å²) in [5, 5.41) is 5.66. The molecule has 1 aliphatic rings. The van der Waals surface area contributed by atoms with Gasteiger partial charge in [-0.2, -0.15) is 0 Å². The molecule has 4 aromatic rings. The van der Waals surface area contributed by atoms with E-state index in [9.17, 15) is 0 Å². The smallest absolute Gasteiger partial charge is 0.155 e. The second-order valence-corrected chi connectivity index (χ2v) is 8.23. The van der Waals surface area contributed by atoms with E-state index in [1.807, 2.05) is 44.2 Å². The summed E-state index contributed by atoms with van der Waals surface area (Å²) in [6, 6.07) is 13.9. The Morgan fingerprint density at radius 1 is 1.07 bits per heavy atom. The molecule has 146 valence electrons.